The molecule has 0 aliphatic carbocycles. The van der Waals surface area contributed by atoms with Crippen molar-refractivity contribution >= 4 is 12.1 Å². The van der Waals surface area contributed by atoms with Gasteiger partial charge in [-0.1, -0.05) is 0 Å². The largest absolute Gasteiger partial charge is 0.493 e. The molecule has 0 fully saturated rings. The molecule has 2 aromatic carbocycles. The number of ether oxygens (including phenoxy) is 3. The fraction of sp³-hybridized carbons (Fsp3) is 0.300. The van der Waals surface area contributed by atoms with E-state index in [4.69, 9.17) is 14.2 Å². The zero-order valence-corrected chi connectivity index (χ0v) is 15.4. The molecule has 0 N–H and O–H groups in total. The smallest absolute Gasteiger partial charge is 0.204 e. The molecule has 0 aliphatic heterocycles. The Morgan fingerprint density at radius 2 is 1.48 bits per heavy atom. The maximum atomic E-state index is 13.2. The molecular weight excluding hydrogens is 320 g/mol. The van der Waals surface area contributed by atoms with E-state index in [1.807, 2.05) is 20.8 Å². The molecule has 0 spiro atoms. The third kappa shape index (κ3) is 3.09. The van der Waals surface area contributed by atoms with E-state index in [1.165, 1.54) is 21.3 Å². The molecule has 0 saturated carbocycles. The summed E-state index contributed by atoms with van der Waals surface area (Å²) >= 11 is 0. The lowest BCUT2D eigenvalue weighted by Gasteiger charge is -2.17. The van der Waals surface area contributed by atoms with Gasteiger partial charge in [0.25, 0.3) is 0 Å². The molecule has 0 saturated heterocycles. The first-order valence-corrected chi connectivity index (χ1v) is 7.80. The lowest BCUT2D eigenvalue weighted by molar-refractivity contribution is 0.103. The lowest BCUT2D eigenvalue weighted by atomic mass is 9.90. The summed E-state index contributed by atoms with van der Waals surface area (Å²) in [5.41, 5.74) is 3.96. The van der Waals surface area contributed by atoms with Crippen LogP contribution in [0.2, 0.25) is 0 Å². The van der Waals surface area contributed by atoms with E-state index < -0.39 is 0 Å². The molecule has 5 heteroatoms. The van der Waals surface area contributed by atoms with Crippen LogP contribution in [-0.2, 0) is 0 Å². The zero-order valence-electron chi connectivity index (χ0n) is 15.4. The van der Waals surface area contributed by atoms with Gasteiger partial charge in [-0.15, -0.1) is 0 Å². The van der Waals surface area contributed by atoms with E-state index in [2.05, 4.69) is 0 Å². The Morgan fingerprint density at radius 3 is 2.00 bits per heavy atom. The van der Waals surface area contributed by atoms with Gasteiger partial charge < -0.3 is 14.2 Å². The number of ketones is 1. The van der Waals surface area contributed by atoms with Crippen LogP contribution in [0.4, 0.5) is 0 Å². The van der Waals surface area contributed by atoms with E-state index in [1.54, 1.807) is 18.2 Å². The van der Waals surface area contributed by atoms with E-state index in [0.29, 0.717) is 33.9 Å². The summed E-state index contributed by atoms with van der Waals surface area (Å²) in [6, 6.07) is 4.92. The predicted molar refractivity (Wildman–Crippen MR) is 95.6 cm³/mol. The van der Waals surface area contributed by atoms with Crippen molar-refractivity contribution < 1.29 is 23.8 Å². The van der Waals surface area contributed by atoms with Crippen LogP contribution >= 0.6 is 0 Å². The molecule has 2 rings (SSSR count). The number of methoxy groups -OCH3 is 3. The maximum Gasteiger partial charge on any atom is 0.204 e. The molecule has 0 amide bonds. The van der Waals surface area contributed by atoms with Gasteiger partial charge in [0.2, 0.25) is 5.75 Å². The number of aldehydes is 1. The highest BCUT2D eigenvalue weighted by atomic mass is 16.5. The molecule has 25 heavy (non-hydrogen) atoms. The van der Waals surface area contributed by atoms with Crippen molar-refractivity contribution in [2.24, 2.45) is 0 Å². The lowest BCUT2D eigenvalue weighted by Crippen LogP contribution is -2.10. The van der Waals surface area contributed by atoms with Gasteiger partial charge in [0.05, 0.1) is 26.9 Å². The molecule has 0 aromatic heterocycles. The molecule has 0 unspecified atom stereocenters. The van der Waals surface area contributed by atoms with Crippen LogP contribution in [-0.4, -0.2) is 33.4 Å². The van der Waals surface area contributed by atoms with Crippen molar-refractivity contribution in [1.29, 1.82) is 0 Å². The highest BCUT2D eigenvalue weighted by molar-refractivity contribution is 6.13. The Bertz CT molecular complexity index is 837. The summed E-state index contributed by atoms with van der Waals surface area (Å²) in [7, 11) is 4.47. The van der Waals surface area contributed by atoms with Gasteiger partial charge >= 0.3 is 0 Å². The normalized spacial score (nSPS) is 10.3. The van der Waals surface area contributed by atoms with Crippen LogP contribution in [0.5, 0.6) is 17.2 Å². The first kappa shape index (κ1) is 18.5. The Kier molecular flexibility index (Phi) is 5.47. The van der Waals surface area contributed by atoms with Crippen LogP contribution in [0, 0.1) is 20.8 Å². The molecule has 0 heterocycles. The minimum absolute atomic E-state index is 0.235. The summed E-state index contributed by atoms with van der Waals surface area (Å²) in [4.78, 5) is 24.5. The van der Waals surface area contributed by atoms with Crippen LogP contribution in [0.1, 0.15) is 43.0 Å². The average molecular weight is 342 g/mol. The van der Waals surface area contributed by atoms with Crippen molar-refractivity contribution in [3.8, 4) is 17.2 Å². The molecule has 0 aliphatic rings. The monoisotopic (exact) mass is 342 g/mol. The van der Waals surface area contributed by atoms with Crippen molar-refractivity contribution in [2.75, 3.05) is 21.3 Å². The number of carbonyl (C=O) groups is 2. The minimum atomic E-state index is -0.235. The van der Waals surface area contributed by atoms with Gasteiger partial charge in [0.1, 0.15) is 6.29 Å². The molecule has 5 nitrogen and oxygen atoms in total. The Balaban J connectivity index is 2.71. The summed E-state index contributed by atoms with van der Waals surface area (Å²) in [6.45, 7) is 5.65. The average Bonchev–Trinajstić information content (AvgIpc) is 2.64. The molecular formula is C20H22O5. The molecule has 0 atom stereocenters. The standard InChI is InChI=1S/C20H22O5/c1-11-12(2)14(10-21)9-16(13(11)3)18(22)15-7-8-17(23-4)20(25-6)19(15)24-5/h7-10H,1-6H3. The molecule has 2 aromatic rings. The number of hydrogen-bond donors (Lipinski definition) is 0. The number of carbonyl (C=O) groups excluding carboxylic acids is 2. The molecule has 0 radical (unpaired) electrons. The van der Waals surface area contributed by atoms with Gasteiger partial charge in [-0.2, -0.15) is 0 Å². The van der Waals surface area contributed by atoms with Crippen molar-refractivity contribution in [3.05, 3.63) is 51.6 Å². The SMILES string of the molecule is COc1ccc(C(=O)c2cc(C=O)c(C)c(C)c2C)c(OC)c1OC. The predicted octanol–water partition coefficient (Wildman–Crippen LogP) is 3.68. The Labute approximate surface area is 147 Å². The van der Waals surface area contributed by atoms with Gasteiger partial charge in [0, 0.05) is 11.1 Å². The summed E-state index contributed by atoms with van der Waals surface area (Å²) in [5.74, 6) is 0.896. The van der Waals surface area contributed by atoms with Gasteiger partial charge in [-0.25, -0.2) is 0 Å². The molecule has 132 valence electrons. The number of hydrogen-bond acceptors (Lipinski definition) is 5. The fourth-order valence-corrected chi connectivity index (χ4v) is 2.86. The van der Waals surface area contributed by atoms with Crippen LogP contribution in [0.3, 0.4) is 0 Å². The quantitative estimate of drug-likeness (QED) is 0.592. The Hall–Kier alpha value is -2.82. The van der Waals surface area contributed by atoms with Crippen molar-refractivity contribution in [3.63, 3.8) is 0 Å². The zero-order chi connectivity index (χ0) is 18.7. The van der Waals surface area contributed by atoms with E-state index in [9.17, 15) is 9.59 Å². The third-order valence-corrected chi connectivity index (χ3v) is 4.58. The van der Waals surface area contributed by atoms with E-state index in [-0.39, 0.29) is 5.78 Å². The van der Waals surface area contributed by atoms with Gasteiger partial charge in [-0.3, -0.25) is 9.59 Å². The van der Waals surface area contributed by atoms with Crippen molar-refractivity contribution in [2.45, 2.75) is 20.8 Å². The highest BCUT2D eigenvalue weighted by Crippen LogP contribution is 2.41. The second-order valence-electron chi connectivity index (χ2n) is 5.72. The fourth-order valence-electron chi connectivity index (χ4n) is 2.86. The first-order valence-electron chi connectivity index (χ1n) is 7.80. The summed E-state index contributed by atoms with van der Waals surface area (Å²) < 4.78 is 16.0. The van der Waals surface area contributed by atoms with E-state index >= 15 is 0 Å². The molecule has 0 bridgehead atoms. The minimum Gasteiger partial charge on any atom is -0.493 e. The third-order valence-electron chi connectivity index (χ3n) is 4.58. The number of rotatable bonds is 6. The summed E-state index contributed by atoms with van der Waals surface area (Å²) in [5, 5.41) is 0. The second-order valence-corrected chi connectivity index (χ2v) is 5.72. The van der Waals surface area contributed by atoms with E-state index in [0.717, 1.165) is 23.0 Å². The summed E-state index contributed by atoms with van der Waals surface area (Å²) in [6.07, 6.45) is 0.768. The topological polar surface area (TPSA) is 61.8 Å². The second kappa shape index (κ2) is 7.38. The number of benzene rings is 2. The van der Waals surface area contributed by atoms with Crippen LogP contribution in [0.15, 0.2) is 18.2 Å². The highest BCUT2D eigenvalue weighted by Gasteiger charge is 2.24. The maximum absolute atomic E-state index is 13.2. The van der Waals surface area contributed by atoms with Crippen molar-refractivity contribution in [1.82, 2.24) is 0 Å². The van der Waals surface area contributed by atoms with Crippen LogP contribution < -0.4 is 14.2 Å². The Morgan fingerprint density at radius 1 is 0.840 bits per heavy atom. The van der Waals surface area contributed by atoms with Gasteiger partial charge in [-0.05, 0) is 55.7 Å². The van der Waals surface area contributed by atoms with Crippen LogP contribution in [0.25, 0.3) is 0 Å². The first-order chi connectivity index (χ1) is 11.9. The van der Waals surface area contributed by atoms with Gasteiger partial charge in [0.15, 0.2) is 17.3 Å².